The van der Waals surface area contributed by atoms with E-state index in [1.807, 2.05) is 6.07 Å². The van der Waals surface area contributed by atoms with Crippen molar-refractivity contribution < 1.29 is 0 Å². The molecule has 0 aromatic carbocycles. The molecule has 0 aliphatic carbocycles. The first-order chi connectivity index (χ1) is 7.67. The van der Waals surface area contributed by atoms with Crippen LogP contribution in [0.25, 0.3) is 0 Å². The van der Waals surface area contributed by atoms with Gasteiger partial charge in [-0.25, -0.2) is 4.98 Å². The van der Waals surface area contributed by atoms with Crippen molar-refractivity contribution in [3.8, 4) is 0 Å². The Morgan fingerprint density at radius 1 is 1.31 bits per heavy atom. The fraction of sp³-hybridized carbons (Fsp3) is 0.545. The zero-order chi connectivity index (χ0) is 12.0. The summed E-state index contributed by atoms with van der Waals surface area (Å²) in [4.78, 5) is 6.68. The zero-order valence-corrected chi connectivity index (χ0v) is 12.8. The van der Waals surface area contributed by atoms with Crippen molar-refractivity contribution in [3.63, 3.8) is 0 Å². The second-order valence-corrected chi connectivity index (χ2v) is 5.21. The molecule has 1 N–H and O–H groups in total. The number of likely N-dealkylation sites (N-methyl/N-ethyl adjacent to an activating group) is 1. The van der Waals surface area contributed by atoms with Gasteiger partial charge in [-0.2, -0.15) is 0 Å². The van der Waals surface area contributed by atoms with Crippen molar-refractivity contribution >= 4 is 37.7 Å². The molecule has 1 aromatic rings. The molecule has 0 unspecified atom stereocenters. The number of hydrogen-bond donors (Lipinski definition) is 1. The molecular weight excluding hydrogens is 334 g/mol. The quantitative estimate of drug-likeness (QED) is 0.852. The summed E-state index contributed by atoms with van der Waals surface area (Å²) in [5.74, 6) is 0.898. The molecule has 0 spiro atoms. The molecule has 3 nitrogen and oxygen atoms in total. The van der Waals surface area contributed by atoms with Crippen molar-refractivity contribution in [2.24, 2.45) is 0 Å². The van der Waals surface area contributed by atoms with Crippen molar-refractivity contribution in [1.29, 1.82) is 0 Å². The summed E-state index contributed by atoms with van der Waals surface area (Å²) in [5.41, 5.74) is 0. The van der Waals surface area contributed by atoms with Crippen LogP contribution in [0.4, 0.5) is 5.82 Å². The minimum Gasteiger partial charge on any atom is -0.368 e. The molecule has 0 aliphatic heterocycles. The standard InChI is InChI=1S/C11H17Br2N3/c1-3-16(4-2)6-5-14-11-10(13)7-9(12)8-15-11/h7-8H,3-6H2,1-2H3,(H,14,15). The Balaban J connectivity index is 2.42. The van der Waals surface area contributed by atoms with Crippen LogP contribution in [0.3, 0.4) is 0 Å². The van der Waals surface area contributed by atoms with Crippen molar-refractivity contribution in [3.05, 3.63) is 21.2 Å². The average Bonchev–Trinajstić information content (AvgIpc) is 2.27. The topological polar surface area (TPSA) is 28.2 Å². The van der Waals surface area contributed by atoms with Crippen LogP contribution < -0.4 is 5.32 Å². The smallest absolute Gasteiger partial charge is 0.140 e. The first kappa shape index (κ1) is 13.9. The first-order valence-corrected chi connectivity index (χ1v) is 7.03. The van der Waals surface area contributed by atoms with Gasteiger partial charge in [0.25, 0.3) is 0 Å². The average molecular weight is 351 g/mol. The van der Waals surface area contributed by atoms with E-state index in [2.05, 4.69) is 60.9 Å². The van der Waals surface area contributed by atoms with Gasteiger partial charge in [0, 0.05) is 23.8 Å². The Bertz CT molecular complexity index is 327. The largest absolute Gasteiger partial charge is 0.368 e. The molecule has 5 heteroatoms. The van der Waals surface area contributed by atoms with E-state index in [1.54, 1.807) is 6.20 Å². The fourth-order valence-corrected chi connectivity index (χ4v) is 2.54. The molecule has 1 aromatic heterocycles. The zero-order valence-electron chi connectivity index (χ0n) is 9.63. The lowest BCUT2D eigenvalue weighted by molar-refractivity contribution is 0.316. The summed E-state index contributed by atoms with van der Waals surface area (Å²) in [6.07, 6.45) is 1.80. The predicted octanol–water partition coefficient (Wildman–Crippen LogP) is 3.36. The number of halogens is 2. The molecule has 0 aliphatic rings. The summed E-state index contributed by atoms with van der Waals surface area (Å²) >= 11 is 6.86. The van der Waals surface area contributed by atoms with E-state index in [0.717, 1.165) is 40.9 Å². The maximum absolute atomic E-state index is 4.30. The van der Waals surface area contributed by atoms with Gasteiger partial charge >= 0.3 is 0 Å². The van der Waals surface area contributed by atoms with Crippen LogP contribution in [0.2, 0.25) is 0 Å². The van der Waals surface area contributed by atoms with E-state index in [4.69, 9.17) is 0 Å². The Morgan fingerprint density at radius 3 is 2.56 bits per heavy atom. The summed E-state index contributed by atoms with van der Waals surface area (Å²) < 4.78 is 1.97. The lowest BCUT2D eigenvalue weighted by atomic mass is 10.4. The highest BCUT2D eigenvalue weighted by molar-refractivity contribution is 9.11. The van der Waals surface area contributed by atoms with Crippen LogP contribution in [-0.2, 0) is 0 Å². The Morgan fingerprint density at radius 2 is 2.00 bits per heavy atom. The number of nitrogens with zero attached hydrogens (tertiary/aromatic N) is 2. The molecule has 0 saturated heterocycles. The molecule has 0 atom stereocenters. The Hall–Kier alpha value is -0.130. The molecule has 0 bridgehead atoms. The SMILES string of the molecule is CCN(CC)CCNc1ncc(Br)cc1Br. The third-order valence-electron chi connectivity index (χ3n) is 2.42. The van der Waals surface area contributed by atoms with E-state index < -0.39 is 0 Å². The van der Waals surface area contributed by atoms with Crippen LogP contribution in [0.5, 0.6) is 0 Å². The summed E-state index contributed by atoms with van der Waals surface area (Å²) in [6, 6.07) is 1.99. The van der Waals surface area contributed by atoms with Gasteiger partial charge in [0.1, 0.15) is 5.82 Å². The molecule has 16 heavy (non-hydrogen) atoms. The van der Waals surface area contributed by atoms with Crippen LogP contribution >= 0.6 is 31.9 Å². The lowest BCUT2D eigenvalue weighted by Crippen LogP contribution is -2.28. The normalized spacial score (nSPS) is 10.8. The molecule has 0 amide bonds. The van der Waals surface area contributed by atoms with E-state index in [-0.39, 0.29) is 0 Å². The molecule has 90 valence electrons. The second-order valence-electron chi connectivity index (χ2n) is 3.44. The van der Waals surface area contributed by atoms with Crippen molar-refractivity contribution in [2.75, 3.05) is 31.5 Å². The van der Waals surface area contributed by atoms with Crippen molar-refractivity contribution in [1.82, 2.24) is 9.88 Å². The van der Waals surface area contributed by atoms with Gasteiger partial charge in [-0.1, -0.05) is 13.8 Å². The molecule has 1 heterocycles. The fourth-order valence-electron chi connectivity index (χ4n) is 1.42. The maximum atomic E-state index is 4.30. The van der Waals surface area contributed by atoms with E-state index in [1.165, 1.54) is 0 Å². The van der Waals surface area contributed by atoms with Gasteiger partial charge < -0.3 is 10.2 Å². The number of anilines is 1. The van der Waals surface area contributed by atoms with Gasteiger partial charge in [0.2, 0.25) is 0 Å². The number of pyridine rings is 1. The first-order valence-electron chi connectivity index (χ1n) is 5.44. The van der Waals surface area contributed by atoms with E-state index in [9.17, 15) is 0 Å². The molecule has 0 saturated carbocycles. The number of hydrogen-bond acceptors (Lipinski definition) is 3. The minimum absolute atomic E-state index is 0.898. The molecule has 1 rings (SSSR count). The lowest BCUT2D eigenvalue weighted by Gasteiger charge is -2.18. The third-order valence-corrected chi connectivity index (χ3v) is 3.46. The third kappa shape index (κ3) is 4.39. The van der Waals surface area contributed by atoms with Crippen LogP contribution in [0.1, 0.15) is 13.8 Å². The molecule has 0 radical (unpaired) electrons. The highest BCUT2D eigenvalue weighted by Gasteiger charge is 2.02. The second kappa shape index (κ2) is 7.25. The summed E-state index contributed by atoms with van der Waals surface area (Å²) in [5, 5.41) is 3.32. The predicted molar refractivity (Wildman–Crippen MR) is 75.9 cm³/mol. The van der Waals surface area contributed by atoms with E-state index in [0.29, 0.717) is 0 Å². The van der Waals surface area contributed by atoms with Gasteiger partial charge in [-0.3, -0.25) is 0 Å². The maximum Gasteiger partial charge on any atom is 0.140 e. The monoisotopic (exact) mass is 349 g/mol. The van der Waals surface area contributed by atoms with Gasteiger partial charge in [0.15, 0.2) is 0 Å². The van der Waals surface area contributed by atoms with Gasteiger partial charge in [-0.05, 0) is 51.0 Å². The van der Waals surface area contributed by atoms with Crippen LogP contribution in [0, 0.1) is 0 Å². The van der Waals surface area contributed by atoms with Crippen LogP contribution in [-0.4, -0.2) is 36.1 Å². The van der Waals surface area contributed by atoms with Crippen LogP contribution in [0.15, 0.2) is 21.2 Å². The number of rotatable bonds is 6. The summed E-state index contributed by atoms with van der Waals surface area (Å²) in [6.45, 7) is 8.49. The molecule has 0 fully saturated rings. The highest BCUT2D eigenvalue weighted by Crippen LogP contribution is 2.23. The molecular formula is C11H17Br2N3. The highest BCUT2D eigenvalue weighted by atomic mass is 79.9. The summed E-state index contributed by atoms with van der Waals surface area (Å²) in [7, 11) is 0. The van der Waals surface area contributed by atoms with Crippen molar-refractivity contribution in [2.45, 2.75) is 13.8 Å². The Kier molecular flexibility index (Phi) is 6.31. The van der Waals surface area contributed by atoms with Gasteiger partial charge in [-0.15, -0.1) is 0 Å². The minimum atomic E-state index is 0.898. The number of aromatic nitrogens is 1. The van der Waals surface area contributed by atoms with Gasteiger partial charge in [0.05, 0.1) is 4.47 Å². The van der Waals surface area contributed by atoms with E-state index >= 15 is 0 Å². The Labute approximate surface area is 114 Å². The number of nitrogens with one attached hydrogen (secondary N) is 1.